The Morgan fingerprint density at radius 2 is 1.72 bits per heavy atom. The van der Waals surface area contributed by atoms with Gasteiger partial charge in [0.1, 0.15) is 0 Å². The SMILES string of the molecule is CCN(CC)CCN(C(=O)c1ccc(C)cc1C)c1nc2ccc(S(C)(=O)=O)cc2s1.Cl. The van der Waals surface area contributed by atoms with Gasteiger partial charge in [-0.3, -0.25) is 9.69 Å². The third-order valence-electron chi connectivity index (χ3n) is 5.40. The van der Waals surface area contributed by atoms with Crippen LogP contribution >= 0.6 is 23.7 Å². The summed E-state index contributed by atoms with van der Waals surface area (Å²) in [5.41, 5.74) is 3.38. The normalized spacial score (nSPS) is 11.6. The van der Waals surface area contributed by atoms with E-state index in [1.807, 2.05) is 32.0 Å². The number of anilines is 1. The maximum Gasteiger partial charge on any atom is 0.260 e. The first-order valence-electron chi connectivity index (χ1n) is 10.4. The molecule has 0 N–H and O–H groups in total. The predicted molar refractivity (Wildman–Crippen MR) is 135 cm³/mol. The smallest absolute Gasteiger partial charge is 0.260 e. The molecule has 0 saturated heterocycles. The van der Waals surface area contributed by atoms with E-state index in [0.29, 0.717) is 22.8 Å². The molecule has 174 valence electrons. The van der Waals surface area contributed by atoms with Crippen molar-refractivity contribution in [3.05, 3.63) is 53.1 Å². The average Bonchev–Trinajstić information content (AvgIpc) is 3.13. The van der Waals surface area contributed by atoms with Crippen LogP contribution in [0.1, 0.15) is 35.3 Å². The van der Waals surface area contributed by atoms with Gasteiger partial charge in [0.25, 0.3) is 5.91 Å². The molecule has 0 aliphatic heterocycles. The van der Waals surface area contributed by atoms with E-state index in [1.165, 1.54) is 17.6 Å². The lowest BCUT2D eigenvalue weighted by atomic mass is 10.0. The van der Waals surface area contributed by atoms with E-state index < -0.39 is 9.84 Å². The van der Waals surface area contributed by atoms with Crippen LogP contribution in [0.2, 0.25) is 0 Å². The molecule has 0 bridgehead atoms. The molecule has 3 rings (SSSR count). The number of benzene rings is 2. The fraction of sp³-hybridized carbons (Fsp3) is 0.391. The van der Waals surface area contributed by atoms with E-state index in [9.17, 15) is 13.2 Å². The lowest BCUT2D eigenvalue weighted by Gasteiger charge is -2.25. The van der Waals surface area contributed by atoms with E-state index in [0.717, 1.165) is 35.5 Å². The number of carbonyl (C=O) groups excluding carboxylic acids is 1. The molecule has 0 fully saturated rings. The zero-order valence-electron chi connectivity index (χ0n) is 19.1. The first-order valence-corrected chi connectivity index (χ1v) is 13.1. The minimum atomic E-state index is -3.31. The van der Waals surface area contributed by atoms with Crippen molar-refractivity contribution >= 4 is 54.8 Å². The topological polar surface area (TPSA) is 70.6 Å². The van der Waals surface area contributed by atoms with Gasteiger partial charge in [-0.15, -0.1) is 12.4 Å². The maximum absolute atomic E-state index is 13.5. The van der Waals surface area contributed by atoms with Crippen LogP contribution in [0.3, 0.4) is 0 Å². The zero-order valence-corrected chi connectivity index (χ0v) is 21.5. The van der Waals surface area contributed by atoms with Gasteiger partial charge >= 0.3 is 0 Å². The second-order valence-electron chi connectivity index (χ2n) is 7.70. The molecule has 0 atom stereocenters. The standard InChI is InChI=1S/C23H29N3O3S2.ClH/c1-6-25(7-2)12-13-26(22(27)19-10-8-16(3)14-17(19)4)23-24-20-11-9-18(31(5,28)29)15-21(20)30-23;/h8-11,14-15H,6-7,12-13H2,1-5H3;1H. The summed E-state index contributed by atoms with van der Waals surface area (Å²) < 4.78 is 24.6. The Bertz CT molecular complexity index is 1200. The molecule has 0 saturated carbocycles. The molecule has 1 amide bonds. The average molecular weight is 496 g/mol. The van der Waals surface area contributed by atoms with Crippen LogP contribution in [0, 0.1) is 13.8 Å². The van der Waals surface area contributed by atoms with Gasteiger partial charge in [-0.2, -0.15) is 0 Å². The van der Waals surface area contributed by atoms with Gasteiger partial charge in [0.05, 0.1) is 15.1 Å². The van der Waals surface area contributed by atoms with Crippen molar-refractivity contribution in [3.63, 3.8) is 0 Å². The second kappa shape index (κ2) is 10.7. The summed E-state index contributed by atoms with van der Waals surface area (Å²) in [5, 5.41) is 0.581. The molecular weight excluding hydrogens is 466 g/mol. The number of rotatable bonds is 8. The molecule has 1 aromatic heterocycles. The monoisotopic (exact) mass is 495 g/mol. The van der Waals surface area contributed by atoms with Crippen molar-refractivity contribution in [1.82, 2.24) is 9.88 Å². The van der Waals surface area contributed by atoms with Crippen molar-refractivity contribution in [2.45, 2.75) is 32.6 Å². The van der Waals surface area contributed by atoms with Crippen molar-refractivity contribution in [1.29, 1.82) is 0 Å². The number of aromatic nitrogens is 1. The van der Waals surface area contributed by atoms with Crippen molar-refractivity contribution in [2.24, 2.45) is 0 Å². The van der Waals surface area contributed by atoms with Crippen molar-refractivity contribution < 1.29 is 13.2 Å². The number of aryl methyl sites for hydroxylation is 2. The molecule has 2 aromatic carbocycles. The van der Waals surface area contributed by atoms with Crippen LogP contribution in [-0.4, -0.2) is 56.6 Å². The number of halogens is 1. The first-order chi connectivity index (χ1) is 14.6. The number of nitrogens with zero attached hydrogens (tertiary/aromatic N) is 3. The summed E-state index contributed by atoms with van der Waals surface area (Å²) in [5.74, 6) is -0.0907. The van der Waals surface area contributed by atoms with Crippen LogP contribution in [0.5, 0.6) is 0 Å². The molecule has 32 heavy (non-hydrogen) atoms. The predicted octanol–water partition coefficient (Wildman–Crippen LogP) is 4.73. The quantitative estimate of drug-likeness (QED) is 0.452. The second-order valence-corrected chi connectivity index (χ2v) is 10.7. The molecule has 0 spiro atoms. The fourth-order valence-corrected chi connectivity index (χ4v) is 5.25. The lowest BCUT2D eigenvalue weighted by molar-refractivity contribution is 0.0983. The molecule has 0 unspecified atom stereocenters. The first kappa shape index (κ1) is 26.3. The third-order valence-corrected chi connectivity index (χ3v) is 7.55. The summed E-state index contributed by atoms with van der Waals surface area (Å²) in [6.45, 7) is 11.2. The lowest BCUT2D eigenvalue weighted by Crippen LogP contribution is -2.39. The molecule has 0 aliphatic rings. The minimum absolute atomic E-state index is 0. The summed E-state index contributed by atoms with van der Waals surface area (Å²) >= 11 is 1.35. The molecular formula is C23H30ClN3O3S2. The van der Waals surface area contributed by atoms with E-state index in [4.69, 9.17) is 0 Å². The van der Waals surface area contributed by atoms with Gasteiger partial charge < -0.3 is 4.90 Å². The van der Waals surface area contributed by atoms with Gasteiger partial charge in [-0.25, -0.2) is 13.4 Å². The number of hydrogen-bond donors (Lipinski definition) is 0. The highest BCUT2D eigenvalue weighted by atomic mass is 35.5. The minimum Gasteiger partial charge on any atom is -0.302 e. The molecule has 1 heterocycles. The van der Waals surface area contributed by atoms with Gasteiger partial charge in [-0.1, -0.05) is 42.9 Å². The number of fused-ring (bicyclic) bond motifs is 1. The number of hydrogen-bond acceptors (Lipinski definition) is 6. The number of thiazole rings is 1. The van der Waals surface area contributed by atoms with Crippen LogP contribution in [0.4, 0.5) is 5.13 Å². The molecule has 0 aliphatic carbocycles. The van der Waals surface area contributed by atoms with E-state index in [1.54, 1.807) is 23.1 Å². The maximum atomic E-state index is 13.5. The van der Waals surface area contributed by atoms with Gasteiger partial charge in [0, 0.05) is 24.9 Å². The highest BCUT2D eigenvalue weighted by Gasteiger charge is 2.23. The zero-order chi connectivity index (χ0) is 22.8. The Labute approximate surface area is 200 Å². The Morgan fingerprint density at radius 1 is 1.03 bits per heavy atom. The van der Waals surface area contributed by atoms with Gasteiger partial charge in [0.15, 0.2) is 15.0 Å². The van der Waals surface area contributed by atoms with Crippen LogP contribution in [-0.2, 0) is 9.84 Å². The number of amides is 1. The molecule has 3 aromatic rings. The Morgan fingerprint density at radius 3 is 2.31 bits per heavy atom. The van der Waals surface area contributed by atoms with Crippen LogP contribution in [0.15, 0.2) is 41.3 Å². The molecule has 0 radical (unpaired) electrons. The number of carbonyl (C=O) groups is 1. The van der Waals surface area contributed by atoms with E-state index in [2.05, 4.69) is 23.7 Å². The highest BCUT2D eigenvalue weighted by Crippen LogP contribution is 2.32. The summed E-state index contributed by atoms with van der Waals surface area (Å²) in [4.78, 5) is 22.5. The summed E-state index contributed by atoms with van der Waals surface area (Å²) in [6.07, 6.45) is 1.19. The third kappa shape index (κ3) is 5.86. The molecule has 6 nitrogen and oxygen atoms in total. The largest absolute Gasteiger partial charge is 0.302 e. The molecule has 9 heteroatoms. The summed E-state index contributed by atoms with van der Waals surface area (Å²) in [7, 11) is -3.31. The van der Waals surface area contributed by atoms with E-state index in [-0.39, 0.29) is 23.2 Å². The Balaban J connectivity index is 0.00000363. The van der Waals surface area contributed by atoms with Gasteiger partial charge in [-0.05, 0) is 56.8 Å². The Kier molecular flexibility index (Phi) is 8.82. The van der Waals surface area contributed by atoms with Crippen molar-refractivity contribution in [3.8, 4) is 0 Å². The van der Waals surface area contributed by atoms with Crippen molar-refractivity contribution in [2.75, 3.05) is 37.3 Å². The van der Waals surface area contributed by atoms with Crippen LogP contribution < -0.4 is 4.90 Å². The number of likely N-dealkylation sites (N-methyl/N-ethyl adjacent to an activating group) is 1. The Hall–Kier alpha value is -2.00. The van der Waals surface area contributed by atoms with E-state index >= 15 is 0 Å². The highest BCUT2D eigenvalue weighted by molar-refractivity contribution is 7.90. The fourth-order valence-electron chi connectivity index (χ4n) is 3.50. The number of sulfone groups is 1. The van der Waals surface area contributed by atoms with Gasteiger partial charge in [0.2, 0.25) is 0 Å². The summed E-state index contributed by atoms with van der Waals surface area (Å²) in [6, 6.07) is 10.7. The van der Waals surface area contributed by atoms with Crippen LogP contribution in [0.25, 0.3) is 10.2 Å².